The molecule has 4 unspecified atom stereocenters. The first-order valence-corrected chi connectivity index (χ1v) is 9.62. The van der Waals surface area contributed by atoms with Crippen molar-refractivity contribution in [2.75, 3.05) is 13.1 Å². The number of nitro groups is 1. The van der Waals surface area contributed by atoms with Crippen LogP contribution in [-0.2, 0) is 4.79 Å². The van der Waals surface area contributed by atoms with Crippen LogP contribution < -0.4 is 10.9 Å². The number of likely N-dealkylation sites (tertiary alicyclic amines) is 1. The second-order valence-corrected chi connectivity index (χ2v) is 7.80. The summed E-state index contributed by atoms with van der Waals surface area (Å²) in [5.74, 6) is 0.621. The molecule has 3 aliphatic rings. The SMILES string of the molecule is O=C(C1NNC2CCC([N+](=O)[O-])CC21)N1CCC(c2ccccc2)CC1. The highest BCUT2D eigenvalue weighted by molar-refractivity contribution is 5.82. The minimum absolute atomic E-state index is 0.0125. The summed E-state index contributed by atoms with van der Waals surface area (Å²) in [6.45, 7) is 1.51. The maximum Gasteiger partial charge on any atom is 0.241 e. The molecule has 0 aromatic heterocycles. The molecular weight excluding hydrogens is 332 g/mol. The van der Waals surface area contributed by atoms with E-state index in [9.17, 15) is 14.9 Å². The molecule has 0 radical (unpaired) electrons. The van der Waals surface area contributed by atoms with E-state index in [-0.39, 0.29) is 28.8 Å². The molecule has 2 aliphatic heterocycles. The number of amides is 1. The van der Waals surface area contributed by atoms with Gasteiger partial charge in [-0.3, -0.25) is 20.3 Å². The molecular formula is C19H26N4O3. The number of rotatable bonds is 3. The molecule has 1 aliphatic carbocycles. The Kier molecular flexibility index (Phi) is 4.91. The monoisotopic (exact) mass is 358 g/mol. The van der Waals surface area contributed by atoms with Crippen LogP contribution in [0.5, 0.6) is 0 Å². The predicted octanol–water partition coefficient (Wildman–Crippen LogP) is 1.68. The average Bonchev–Trinajstić information content (AvgIpc) is 3.11. The van der Waals surface area contributed by atoms with Gasteiger partial charge in [0.1, 0.15) is 6.04 Å². The summed E-state index contributed by atoms with van der Waals surface area (Å²) < 4.78 is 0. The zero-order chi connectivity index (χ0) is 18.1. The van der Waals surface area contributed by atoms with Crippen molar-refractivity contribution in [3.05, 3.63) is 46.0 Å². The number of carbonyl (C=O) groups excluding carboxylic acids is 1. The highest BCUT2D eigenvalue weighted by atomic mass is 16.6. The van der Waals surface area contributed by atoms with E-state index in [1.165, 1.54) is 5.56 Å². The zero-order valence-electron chi connectivity index (χ0n) is 14.8. The first kappa shape index (κ1) is 17.4. The fourth-order valence-electron chi connectivity index (χ4n) is 4.83. The van der Waals surface area contributed by atoms with Crippen LogP contribution in [0.2, 0.25) is 0 Å². The van der Waals surface area contributed by atoms with Gasteiger partial charge < -0.3 is 4.90 Å². The summed E-state index contributed by atoms with van der Waals surface area (Å²) in [4.78, 5) is 26.0. The Labute approximate surface area is 153 Å². The lowest BCUT2D eigenvalue weighted by molar-refractivity contribution is -0.528. The Hall–Kier alpha value is -1.99. The largest absolute Gasteiger partial charge is 0.341 e. The van der Waals surface area contributed by atoms with Crippen molar-refractivity contribution in [1.29, 1.82) is 0 Å². The number of nitrogens with zero attached hydrogens (tertiary/aromatic N) is 2. The van der Waals surface area contributed by atoms with E-state index in [2.05, 4.69) is 35.1 Å². The molecule has 3 fully saturated rings. The molecule has 4 rings (SSSR count). The van der Waals surface area contributed by atoms with E-state index in [1.807, 2.05) is 11.0 Å². The van der Waals surface area contributed by atoms with Crippen molar-refractivity contribution in [1.82, 2.24) is 15.8 Å². The van der Waals surface area contributed by atoms with Gasteiger partial charge in [0, 0.05) is 42.8 Å². The average molecular weight is 358 g/mol. The van der Waals surface area contributed by atoms with Crippen molar-refractivity contribution in [2.24, 2.45) is 5.92 Å². The second-order valence-electron chi connectivity index (χ2n) is 7.80. The van der Waals surface area contributed by atoms with Crippen molar-refractivity contribution in [3.63, 3.8) is 0 Å². The number of nitrogens with one attached hydrogen (secondary N) is 2. The normalized spacial score (nSPS) is 32.2. The molecule has 7 nitrogen and oxygen atoms in total. The van der Waals surface area contributed by atoms with Gasteiger partial charge in [0.15, 0.2) is 0 Å². The molecule has 140 valence electrons. The fourth-order valence-corrected chi connectivity index (χ4v) is 4.83. The first-order valence-electron chi connectivity index (χ1n) is 9.62. The van der Waals surface area contributed by atoms with Gasteiger partial charge in [0.2, 0.25) is 11.9 Å². The number of piperidine rings is 1. The highest BCUT2D eigenvalue weighted by Crippen LogP contribution is 2.34. The fraction of sp³-hybridized carbons (Fsp3) is 0.632. The topological polar surface area (TPSA) is 87.5 Å². The number of benzene rings is 1. The number of fused-ring (bicyclic) bond motifs is 1. The lowest BCUT2D eigenvalue weighted by Crippen LogP contribution is -2.50. The van der Waals surface area contributed by atoms with Crippen LogP contribution in [0.4, 0.5) is 0 Å². The third kappa shape index (κ3) is 3.33. The van der Waals surface area contributed by atoms with Crippen LogP contribution in [0.15, 0.2) is 30.3 Å². The molecule has 1 aromatic carbocycles. The van der Waals surface area contributed by atoms with Crippen molar-refractivity contribution in [2.45, 2.75) is 56.1 Å². The lowest BCUT2D eigenvalue weighted by Gasteiger charge is -2.35. The van der Waals surface area contributed by atoms with E-state index in [0.29, 0.717) is 18.8 Å². The third-order valence-electron chi connectivity index (χ3n) is 6.37. The van der Waals surface area contributed by atoms with Crippen molar-refractivity contribution < 1.29 is 9.72 Å². The van der Waals surface area contributed by atoms with Crippen LogP contribution in [0.25, 0.3) is 0 Å². The Balaban J connectivity index is 1.37. The lowest BCUT2D eigenvalue weighted by atomic mass is 9.78. The molecule has 2 saturated heterocycles. The van der Waals surface area contributed by atoms with Crippen LogP contribution in [0.3, 0.4) is 0 Å². The van der Waals surface area contributed by atoms with Gasteiger partial charge in [-0.15, -0.1) is 0 Å². The molecule has 2 heterocycles. The number of hydrogen-bond donors (Lipinski definition) is 2. The Morgan fingerprint density at radius 1 is 1.08 bits per heavy atom. The zero-order valence-corrected chi connectivity index (χ0v) is 14.8. The van der Waals surface area contributed by atoms with Crippen LogP contribution >= 0.6 is 0 Å². The van der Waals surface area contributed by atoms with Gasteiger partial charge >= 0.3 is 0 Å². The number of hydrazine groups is 1. The van der Waals surface area contributed by atoms with Crippen molar-refractivity contribution >= 4 is 5.91 Å². The summed E-state index contributed by atoms with van der Waals surface area (Å²) in [6.07, 6.45) is 3.77. The number of carbonyl (C=O) groups is 1. The highest BCUT2D eigenvalue weighted by Gasteiger charge is 2.47. The second kappa shape index (κ2) is 7.32. The predicted molar refractivity (Wildman–Crippen MR) is 97.0 cm³/mol. The summed E-state index contributed by atoms with van der Waals surface area (Å²) in [5.41, 5.74) is 7.69. The minimum Gasteiger partial charge on any atom is -0.341 e. The Morgan fingerprint density at radius 3 is 2.50 bits per heavy atom. The van der Waals surface area contributed by atoms with Crippen LogP contribution in [0.1, 0.15) is 43.6 Å². The Bertz CT molecular complexity index is 660. The van der Waals surface area contributed by atoms with Gasteiger partial charge in [-0.2, -0.15) is 0 Å². The molecule has 26 heavy (non-hydrogen) atoms. The minimum atomic E-state index is -0.517. The van der Waals surface area contributed by atoms with E-state index in [0.717, 1.165) is 32.4 Å². The van der Waals surface area contributed by atoms with E-state index in [1.54, 1.807) is 0 Å². The van der Waals surface area contributed by atoms with E-state index in [4.69, 9.17) is 0 Å². The molecule has 1 amide bonds. The summed E-state index contributed by atoms with van der Waals surface area (Å²) >= 11 is 0. The molecule has 0 bridgehead atoms. The Morgan fingerprint density at radius 2 is 1.81 bits per heavy atom. The summed E-state index contributed by atoms with van der Waals surface area (Å²) in [6, 6.07) is 9.80. The van der Waals surface area contributed by atoms with Crippen LogP contribution in [-0.4, -0.2) is 46.9 Å². The van der Waals surface area contributed by atoms with Gasteiger partial charge in [-0.1, -0.05) is 30.3 Å². The van der Waals surface area contributed by atoms with E-state index >= 15 is 0 Å². The standard InChI is InChI=1S/C19H26N4O3/c24-19(18-16-12-15(23(25)26)6-7-17(16)20-21-18)22-10-8-14(9-11-22)13-4-2-1-3-5-13/h1-5,14-18,20-21H,6-12H2. The molecule has 4 atom stereocenters. The van der Waals surface area contributed by atoms with Crippen molar-refractivity contribution in [3.8, 4) is 0 Å². The molecule has 1 aromatic rings. The summed E-state index contributed by atoms with van der Waals surface area (Å²) in [5, 5.41) is 11.2. The molecule has 7 heteroatoms. The van der Waals surface area contributed by atoms with Gasteiger partial charge in [-0.25, -0.2) is 5.43 Å². The van der Waals surface area contributed by atoms with Gasteiger partial charge in [-0.05, 0) is 30.7 Å². The molecule has 0 spiro atoms. The van der Waals surface area contributed by atoms with E-state index < -0.39 is 6.04 Å². The van der Waals surface area contributed by atoms with Gasteiger partial charge in [0.25, 0.3) is 0 Å². The quantitative estimate of drug-likeness (QED) is 0.634. The summed E-state index contributed by atoms with van der Waals surface area (Å²) in [7, 11) is 0. The maximum atomic E-state index is 13.0. The first-order chi connectivity index (χ1) is 12.6. The molecule has 1 saturated carbocycles. The maximum absolute atomic E-state index is 13.0. The van der Waals surface area contributed by atoms with Gasteiger partial charge in [0.05, 0.1) is 0 Å². The smallest absolute Gasteiger partial charge is 0.241 e. The van der Waals surface area contributed by atoms with Crippen LogP contribution in [0, 0.1) is 16.0 Å². The number of hydrogen-bond acceptors (Lipinski definition) is 5. The molecule has 2 N–H and O–H groups in total. The third-order valence-corrected chi connectivity index (χ3v) is 6.37.